The molecule has 0 spiro atoms. The van der Waals surface area contributed by atoms with Crippen molar-refractivity contribution in [2.45, 2.75) is 53.4 Å². The van der Waals surface area contributed by atoms with E-state index < -0.39 is 0 Å². The van der Waals surface area contributed by atoms with Crippen molar-refractivity contribution in [2.75, 3.05) is 0 Å². The van der Waals surface area contributed by atoms with Crippen molar-refractivity contribution in [2.24, 2.45) is 5.92 Å². The quantitative estimate of drug-likeness (QED) is 0.717. The molecule has 0 N–H and O–H groups in total. The summed E-state index contributed by atoms with van der Waals surface area (Å²) in [7, 11) is 0. The minimum Gasteiger partial charge on any atom is -0.299 e. The van der Waals surface area contributed by atoms with E-state index in [0.717, 1.165) is 19.3 Å². The van der Waals surface area contributed by atoms with E-state index in [-0.39, 0.29) is 0 Å². The summed E-state index contributed by atoms with van der Waals surface area (Å²) < 4.78 is 0. The van der Waals surface area contributed by atoms with Crippen molar-refractivity contribution in [1.29, 1.82) is 0 Å². The molecule has 0 radical (unpaired) electrons. The highest BCUT2D eigenvalue weighted by Gasteiger charge is 2.07. The Kier molecular flexibility index (Phi) is 5.40. The van der Waals surface area contributed by atoms with Crippen LogP contribution in [0.3, 0.4) is 0 Å². The molecule has 0 unspecified atom stereocenters. The number of Topliss-reactive ketones (excluding diaryl/α,β-unsaturated/α-hetero) is 1. The third kappa shape index (κ3) is 5.16. The Balaban J connectivity index is 2.47. The number of aryl methyl sites for hydroxylation is 2. The van der Waals surface area contributed by atoms with Gasteiger partial charge in [0.1, 0.15) is 5.78 Å². The van der Waals surface area contributed by atoms with Gasteiger partial charge in [0.05, 0.1) is 0 Å². The fourth-order valence-electron chi connectivity index (χ4n) is 2.00. The largest absolute Gasteiger partial charge is 0.299 e. The molecule has 1 aromatic rings. The number of hydrogen-bond donors (Lipinski definition) is 0. The first-order valence-electron chi connectivity index (χ1n) is 6.57. The lowest BCUT2D eigenvalue weighted by atomic mass is 9.97. The van der Waals surface area contributed by atoms with Crippen molar-refractivity contribution in [3.63, 3.8) is 0 Å². The van der Waals surface area contributed by atoms with E-state index in [1.165, 1.54) is 16.7 Å². The Bertz CT molecular complexity index is 377. The van der Waals surface area contributed by atoms with Gasteiger partial charge in [0.25, 0.3) is 0 Å². The average molecular weight is 232 g/mol. The van der Waals surface area contributed by atoms with Crippen LogP contribution in [0.15, 0.2) is 18.2 Å². The molecular formula is C16H24O. The fraction of sp³-hybridized carbons (Fsp3) is 0.562. The van der Waals surface area contributed by atoms with Gasteiger partial charge >= 0.3 is 0 Å². The van der Waals surface area contributed by atoms with E-state index in [1.807, 2.05) is 0 Å². The molecule has 0 heterocycles. The molecule has 0 bridgehead atoms. The second-order valence-electron chi connectivity index (χ2n) is 5.43. The molecule has 0 fully saturated rings. The monoisotopic (exact) mass is 232 g/mol. The molecule has 1 heteroatoms. The minimum atomic E-state index is 0.374. The summed E-state index contributed by atoms with van der Waals surface area (Å²) in [5.74, 6) is 1.07. The Morgan fingerprint density at radius 2 is 1.94 bits per heavy atom. The number of hydrogen-bond acceptors (Lipinski definition) is 1. The third-order valence-electron chi connectivity index (χ3n) is 3.13. The molecule has 17 heavy (non-hydrogen) atoms. The molecule has 0 saturated heterocycles. The van der Waals surface area contributed by atoms with Crippen molar-refractivity contribution in [3.05, 3.63) is 34.9 Å². The summed E-state index contributed by atoms with van der Waals surface area (Å²) in [4.78, 5) is 11.9. The normalized spacial score (nSPS) is 10.9. The maximum Gasteiger partial charge on any atom is 0.137 e. The maximum atomic E-state index is 11.9. The highest BCUT2D eigenvalue weighted by Crippen LogP contribution is 2.14. The second kappa shape index (κ2) is 6.58. The van der Waals surface area contributed by atoms with Crippen LogP contribution in [0.1, 0.15) is 49.8 Å². The summed E-state index contributed by atoms with van der Waals surface area (Å²) in [6, 6.07) is 6.34. The Labute approximate surface area is 105 Å². The molecule has 1 nitrogen and oxygen atoms in total. The summed E-state index contributed by atoms with van der Waals surface area (Å²) in [6.45, 7) is 8.56. The Morgan fingerprint density at radius 1 is 1.24 bits per heavy atom. The van der Waals surface area contributed by atoms with Gasteiger partial charge in [-0.2, -0.15) is 0 Å². The van der Waals surface area contributed by atoms with Gasteiger partial charge in [-0.15, -0.1) is 0 Å². The molecule has 0 aliphatic rings. The van der Waals surface area contributed by atoms with Gasteiger partial charge in [0.2, 0.25) is 0 Å². The minimum absolute atomic E-state index is 0.374. The lowest BCUT2D eigenvalue weighted by molar-refractivity contribution is -0.118. The van der Waals surface area contributed by atoms with E-state index in [9.17, 15) is 4.79 Å². The van der Waals surface area contributed by atoms with Crippen molar-refractivity contribution >= 4 is 5.78 Å². The number of benzene rings is 1. The third-order valence-corrected chi connectivity index (χ3v) is 3.13. The molecular weight excluding hydrogens is 208 g/mol. The van der Waals surface area contributed by atoms with Crippen molar-refractivity contribution in [1.82, 2.24) is 0 Å². The highest BCUT2D eigenvalue weighted by molar-refractivity contribution is 5.81. The zero-order valence-corrected chi connectivity index (χ0v) is 11.5. The van der Waals surface area contributed by atoms with Crippen LogP contribution in [0.2, 0.25) is 0 Å². The van der Waals surface area contributed by atoms with Crippen molar-refractivity contribution in [3.8, 4) is 0 Å². The van der Waals surface area contributed by atoms with Gasteiger partial charge < -0.3 is 0 Å². The zero-order valence-electron chi connectivity index (χ0n) is 11.5. The van der Waals surface area contributed by atoms with Crippen LogP contribution in [0, 0.1) is 19.8 Å². The fourth-order valence-corrected chi connectivity index (χ4v) is 2.00. The Morgan fingerprint density at radius 3 is 2.59 bits per heavy atom. The van der Waals surface area contributed by atoms with Gasteiger partial charge in [0.15, 0.2) is 0 Å². The topological polar surface area (TPSA) is 17.1 Å². The molecule has 0 aliphatic heterocycles. The highest BCUT2D eigenvalue weighted by atomic mass is 16.1. The average Bonchev–Trinajstić information content (AvgIpc) is 2.23. The van der Waals surface area contributed by atoms with Crippen LogP contribution in [-0.4, -0.2) is 5.78 Å². The van der Waals surface area contributed by atoms with Gasteiger partial charge in [-0.25, -0.2) is 0 Å². The predicted octanol–water partition coefficient (Wildman–Crippen LogP) is 4.24. The molecule has 1 rings (SSSR count). The molecule has 0 aliphatic carbocycles. The van der Waals surface area contributed by atoms with Crippen LogP contribution < -0.4 is 0 Å². The van der Waals surface area contributed by atoms with E-state index in [1.54, 1.807) is 0 Å². The van der Waals surface area contributed by atoms with E-state index in [0.29, 0.717) is 18.1 Å². The zero-order chi connectivity index (χ0) is 12.8. The maximum absolute atomic E-state index is 11.9. The van der Waals surface area contributed by atoms with Crippen LogP contribution in [0.4, 0.5) is 0 Å². The van der Waals surface area contributed by atoms with Crippen LogP contribution in [0.5, 0.6) is 0 Å². The first-order chi connectivity index (χ1) is 7.99. The molecule has 0 atom stereocenters. The lowest BCUT2D eigenvalue weighted by Gasteiger charge is -2.07. The van der Waals surface area contributed by atoms with Crippen molar-refractivity contribution < 1.29 is 4.79 Å². The Hall–Kier alpha value is -1.11. The van der Waals surface area contributed by atoms with Crippen LogP contribution in [0.25, 0.3) is 0 Å². The van der Waals surface area contributed by atoms with E-state index >= 15 is 0 Å². The second-order valence-corrected chi connectivity index (χ2v) is 5.43. The number of rotatable bonds is 6. The smallest absolute Gasteiger partial charge is 0.137 e. The first-order valence-corrected chi connectivity index (χ1v) is 6.57. The van der Waals surface area contributed by atoms with Crippen LogP contribution >= 0.6 is 0 Å². The van der Waals surface area contributed by atoms with E-state index in [4.69, 9.17) is 0 Å². The summed E-state index contributed by atoms with van der Waals surface area (Å²) >= 11 is 0. The molecule has 0 amide bonds. The standard InChI is InChI=1S/C16H24O/c1-12(2)6-5-7-16(17)11-15-10-13(3)8-9-14(15)4/h8-10,12H,5-7,11H2,1-4H3. The van der Waals surface area contributed by atoms with Gasteiger partial charge in [-0.3, -0.25) is 4.79 Å². The summed E-state index contributed by atoms with van der Waals surface area (Å²) in [6.07, 6.45) is 3.51. The van der Waals surface area contributed by atoms with Gasteiger partial charge in [-0.05, 0) is 37.3 Å². The molecule has 94 valence electrons. The van der Waals surface area contributed by atoms with Gasteiger partial charge in [0, 0.05) is 12.8 Å². The molecule has 0 aromatic heterocycles. The first kappa shape index (κ1) is 14.0. The van der Waals surface area contributed by atoms with Gasteiger partial charge in [-0.1, -0.05) is 44.0 Å². The number of carbonyl (C=O) groups excluding carboxylic acids is 1. The molecule has 0 saturated carbocycles. The van der Waals surface area contributed by atoms with E-state index in [2.05, 4.69) is 45.9 Å². The molecule has 1 aromatic carbocycles. The summed E-state index contributed by atoms with van der Waals surface area (Å²) in [5.41, 5.74) is 3.66. The number of carbonyl (C=O) groups is 1. The lowest BCUT2D eigenvalue weighted by Crippen LogP contribution is -2.05. The summed E-state index contributed by atoms with van der Waals surface area (Å²) in [5, 5.41) is 0. The SMILES string of the molecule is Cc1ccc(C)c(CC(=O)CCCC(C)C)c1. The number of ketones is 1. The predicted molar refractivity (Wildman–Crippen MR) is 73.3 cm³/mol. The van der Waals surface area contributed by atoms with Crippen LogP contribution in [-0.2, 0) is 11.2 Å².